The van der Waals surface area contributed by atoms with E-state index in [2.05, 4.69) is 21.4 Å². The van der Waals surface area contributed by atoms with E-state index >= 15 is 0 Å². The monoisotopic (exact) mass is 316 g/mol. The van der Waals surface area contributed by atoms with Gasteiger partial charge in [-0.3, -0.25) is 4.79 Å². The Morgan fingerprint density at radius 2 is 1.92 bits per heavy atom. The van der Waals surface area contributed by atoms with E-state index in [4.69, 9.17) is 0 Å². The van der Waals surface area contributed by atoms with Crippen LogP contribution >= 0.6 is 0 Å². The van der Waals surface area contributed by atoms with Gasteiger partial charge >= 0.3 is 0 Å². The fourth-order valence-corrected chi connectivity index (χ4v) is 3.02. The van der Waals surface area contributed by atoms with Gasteiger partial charge in [-0.15, -0.1) is 5.10 Å². The topological polar surface area (TPSA) is 63.6 Å². The lowest BCUT2D eigenvalue weighted by Gasteiger charge is -2.09. The highest BCUT2D eigenvalue weighted by atomic mass is 16.1. The highest BCUT2D eigenvalue weighted by molar-refractivity contribution is 5.84. The molecule has 24 heavy (non-hydrogen) atoms. The van der Waals surface area contributed by atoms with E-state index in [1.807, 2.05) is 55.6 Å². The van der Waals surface area contributed by atoms with Gasteiger partial charge in [0.15, 0.2) is 6.29 Å². The summed E-state index contributed by atoms with van der Waals surface area (Å²) in [5.74, 6) is 0. The number of benzene rings is 2. The number of carbonyl (C=O) groups is 1. The molecule has 0 aliphatic heterocycles. The summed E-state index contributed by atoms with van der Waals surface area (Å²) in [7, 11) is 0. The van der Waals surface area contributed by atoms with Crippen LogP contribution in [-0.4, -0.2) is 26.3 Å². The number of H-pyrrole nitrogens is 1. The average Bonchev–Trinajstić information content (AvgIpc) is 3.20. The molecule has 0 aliphatic carbocycles. The minimum Gasteiger partial charge on any atom is -0.361 e. The van der Waals surface area contributed by atoms with Crippen LogP contribution in [0.3, 0.4) is 0 Å². The number of aromatic amines is 1. The van der Waals surface area contributed by atoms with E-state index in [9.17, 15) is 4.79 Å². The van der Waals surface area contributed by atoms with Crippen molar-refractivity contribution in [3.05, 3.63) is 77.2 Å². The first kappa shape index (κ1) is 14.4. The molecule has 4 rings (SSSR count). The maximum atomic E-state index is 11.4. The Labute approximate surface area is 138 Å². The molecule has 1 N–H and O–H groups in total. The van der Waals surface area contributed by atoms with E-state index in [1.54, 1.807) is 4.68 Å². The van der Waals surface area contributed by atoms with Crippen LogP contribution < -0.4 is 0 Å². The molecule has 0 amide bonds. The normalized spacial score (nSPS) is 11.0. The van der Waals surface area contributed by atoms with Crippen molar-refractivity contribution >= 4 is 17.2 Å². The summed E-state index contributed by atoms with van der Waals surface area (Å²) in [6.07, 6.45) is 3.33. The summed E-state index contributed by atoms with van der Waals surface area (Å²) in [6.45, 7) is 2.02. The van der Waals surface area contributed by atoms with Crippen LogP contribution in [0.25, 0.3) is 16.6 Å². The smallest absolute Gasteiger partial charge is 0.172 e. The van der Waals surface area contributed by atoms with Crippen molar-refractivity contribution in [2.24, 2.45) is 0 Å². The zero-order valence-electron chi connectivity index (χ0n) is 13.2. The van der Waals surface area contributed by atoms with Gasteiger partial charge in [-0.25, -0.2) is 4.68 Å². The number of nitrogens with zero attached hydrogens (tertiary/aromatic N) is 3. The number of aryl methyl sites for hydroxylation is 1. The molecule has 5 heteroatoms. The van der Waals surface area contributed by atoms with Crippen molar-refractivity contribution in [3.8, 4) is 5.69 Å². The number of para-hydroxylation sites is 2. The van der Waals surface area contributed by atoms with Crippen LogP contribution in [0.15, 0.2) is 54.7 Å². The molecule has 4 aromatic rings. The highest BCUT2D eigenvalue weighted by Crippen LogP contribution is 2.23. The molecule has 118 valence electrons. The Kier molecular flexibility index (Phi) is 3.46. The van der Waals surface area contributed by atoms with E-state index in [0.29, 0.717) is 12.1 Å². The second-order valence-corrected chi connectivity index (χ2v) is 5.77. The zero-order valence-corrected chi connectivity index (χ0v) is 13.2. The van der Waals surface area contributed by atoms with Gasteiger partial charge in [-0.05, 0) is 30.2 Å². The van der Waals surface area contributed by atoms with E-state index in [0.717, 1.165) is 39.7 Å². The molecule has 0 bridgehead atoms. The first-order chi connectivity index (χ1) is 11.8. The number of fused-ring (bicyclic) bond motifs is 1. The van der Waals surface area contributed by atoms with Crippen LogP contribution in [0.2, 0.25) is 0 Å². The van der Waals surface area contributed by atoms with Crippen molar-refractivity contribution < 1.29 is 4.79 Å². The van der Waals surface area contributed by atoms with Crippen LogP contribution in [0.1, 0.15) is 27.3 Å². The Balaban J connectivity index is 1.84. The summed E-state index contributed by atoms with van der Waals surface area (Å²) >= 11 is 0. The summed E-state index contributed by atoms with van der Waals surface area (Å²) < 4.78 is 1.76. The van der Waals surface area contributed by atoms with Crippen LogP contribution in [0, 0.1) is 6.92 Å². The van der Waals surface area contributed by atoms with Gasteiger partial charge in [0.25, 0.3) is 0 Å². The van der Waals surface area contributed by atoms with Gasteiger partial charge < -0.3 is 4.98 Å². The number of nitrogens with one attached hydrogen (secondary N) is 1. The van der Waals surface area contributed by atoms with Gasteiger partial charge in [0.05, 0.1) is 11.4 Å². The molecule has 0 radical (unpaired) electrons. The second-order valence-electron chi connectivity index (χ2n) is 5.77. The Morgan fingerprint density at radius 3 is 2.75 bits per heavy atom. The summed E-state index contributed by atoms with van der Waals surface area (Å²) in [4.78, 5) is 14.7. The van der Waals surface area contributed by atoms with Crippen molar-refractivity contribution in [3.63, 3.8) is 0 Å². The van der Waals surface area contributed by atoms with Gasteiger partial charge in [-0.1, -0.05) is 41.6 Å². The number of carbonyl (C=O) groups excluding carboxylic acids is 1. The molecule has 2 aromatic carbocycles. The zero-order chi connectivity index (χ0) is 16.5. The number of aldehydes is 1. The minimum atomic E-state index is 0.378. The van der Waals surface area contributed by atoms with Gasteiger partial charge in [0, 0.05) is 23.5 Å². The van der Waals surface area contributed by atoms with Crippen LogP contribution in [-0.2, 0) is 6.42 Å². The molecule has 0 saturated heterocycles. The molecule has 0 fully saturated rings. The van der Waals surface area contributed by atoms with Gasteiger partial charge in [-0.2, -0.15) is 0 Å². The maximum absolute atomic E-state index is 11.4. The molecular weight excluding hydrogens is 300 g/mol. The molecule has 2 heterocycles. The lowest BCUT2D eigenvalue weighted by atomic mass is 10.1. The molecule has 0 spiro atoms. The SMILES string of the molecule is Cc1ccccc1-n1nnc(C=O)c1Cc1c[nH]c2ccccc12. The van der Waals surface area contributed by atoms with Crippen molar-refractivity contribution in [2.75, 3.05) is 0 Å². The molecular formula is C19H16N4O. The third-order valence-electron chi connectivity index (χ3n) is 4.28. The van der Waals surface area contributed by atoms with Crippen LogP contribution in [0.4, 0.5) is 0 Å². The molecule has 5 nitrogen and oxygen atoms in total. The Morgan fingerprint density at radius 1 is 1.12 bits per heavy atom. The summed E-state index contributed by atoms with van der Waals surface area (Å²) in [5.41, 5.74) is 5.39. The Bertz CT molecular complexity index is 1030. The first-order valence-electron chi connectivity index (χ1n) is 7.78. The highest BCUT2D eigenvalue weighted by Gasteiger charge is 2.17. The van der Waals surface area contributed by atoms with E-state index in [-0.39, 0.29) is 0 Å². The fourth-order valence-electron chi connectivity index (χ4n) is 3.02. The number of aromatic nitrogens is 4. The van der Waals surface area contributed by atoms with E-state index in [1.165, 1.54) is 0 Å². The molecule has 0 saturated carbocycles. The standard InChI is InChI=1S/C19H16N4O/c1-13-6-2-5-9-18(13)23-19(17(12-24)21-22-23)10-14-11-20-16-8-4-3-7-15(14)16/h2-9,11-12,20H,10H2,1H3. The number of rotatable bonds is 4. The van der Waals surface area contributed by atoms with Crippen molar-refractivity contribution in [1.82, 2.24) is 20.0 Å². The number of hydrogen-bond acceptors (Lipinski definition) is 3. The van der Waals surface area contributed by atoms with Crippen LogP contribution in [0.5, 0.6) is 0 Å². The molecule has 0 atom stereocenters. The largest absolute Gasteiger partial charge is 0.361 e. The molecule has 0 unspecified atom stereocenters. The quantitative estimate of drug-likeness (QED) is 0.586. The summed E-state index contributed by atoms with van der Waals surface area (Å²) in [5, 5.41) is 9.40. The lowest BCUT2D eigenvalue weighted by molar-refractivity contribution is 0.111. The third-order valence-corrected chi connectivity index (χ3v) is 4.28. The molecule has 2 aromatic heterocycles. The van der Waals surface area contributed by atoms with Gasteiger partial charge in [0.2, 0.25) is 0 Å². The minimum absolute atomic E-state index is 0.378. The predicted molar refractivity (Wildman–Crippen MR) is 92.6 cm³/mol. The predicted octanol–water partition coefficient (Wildman–Crippen LogP) is 3.46. The second kappa shape index (κ2) is 5.77. The van der Waals surface area contributed by atoms with Gasteiger partial charge in [0.1, 0.15) is 5.69 Å². The Hall–Kier alpha value is -3.21. The maximum Gasteiger partial charge on any atom is 0.172 e. The fraction of sp³-hybridized carbons (Fsp3) is 0.105. The van der Waals surface area contributed by atoms with Crippen molar-refractivity contribution in [1.29, 1.82) is 0 Å². The lowest BCUT2D eigenvalue weighted by Crippen LogP contribution is -2.06. The summed E-state index contributed by atoms with van der Waals surface area (Å²) in [6, 6.07) is 16.1. The first-order valence-corrected chi connectivity index (χ1v) is 7.78. The average molecular weight is 316 g/mol. The number of hydrogen-bond donors (Lipinski definition) is 1. The van der Waals surface area contributed by atoms with E-state index < -0.39 is 0 Å². The third kappa shape index (κ3) is 2.31. The molecule has 0 aliphatic rings. The van der Waals surface area contributed by atoms with Crippen molar-refractivity contribution in [2.45, 2.75) is 13.3 Å².